The van der Waals surface area contributed by atoms with Crippen molar-refractivity contribution in [3.8, 4) is 5.75 Å². The van der Waals surface area contributed by atoms with Gasteiger partial charge in [0, 0.05) is 11.6 Å². The first-order chi connectivity index (χ1) is 11.7. The van der Waals surface area contributed by atoms with E-state index in [-0.39, 0.29) is 5.92 Å². The third kappa shape index (κ3) is 2.52. The van der Waals surface area contributed by atoms with Crippen molar-refractivity contribution in [1.29, 1.82) is 0 Å². The smallest absolute Gasteiger partial charge is 0.129 e. The van der Waals surface area contributed by atoms with E-state index in [1.807, 2.05) is 24.3 Å². The minimum absolute atomic E-state index is 0.00649. The number of fused-ring (bicyclic) bond motifs is 2. The molecule has 5 nitrogen and oxygen atoms in total. The summed E-state index contributed by atoms with van der Waals surface area (Å²) >= 11 is 6.62. The van der Waals surface area contributed by atoms with Crippen LogP contribution in [-0.2, 0) is 11.3 Å². The summed E-state index contributed by atoms with van der Waals surface area (Å²) in [6.45, 7) is 0. The number of ether oxygens (including phenoxy) is 1. The Morgan fingerprint density at radius 1 is 1.29 bits per heavy atom. The molecule has 0 saturated heterocycles. The minimum Gasteiger partial charge on any atom is -0.497 e. The Morgan fingerprint density at radius 2 is 2.17 bits per heavy atom. The lowest BCUT2D eigenvalue weighted by molar-refractivity contribution is 0.415. The maximum absolute atomic E-state index is 11.4. The molecule has 0 saturated carbocycles. The van der Waals surface area contributed by atoms with E-state index >= 15 is 0 Å². The number of aromatic amines is 1. The van der Waals surface area contributed by atoms with Gasteiger partial charge in [0.15, 0.2) is 0 Å². The number of hydrogen-bond acceptors (Lipinski definition) is 4. The molecule has 1 N–H and O–H groups in total. The average Bonchev–Trinajstić information content (AvgIpc) is 3.03. The van der Waals surface area contributed by atoms with Crippen LogP contribution in [0.1, 0.15) is 35.8 Å². The normalized spacial score (nSPS) is 16.9. The number of H-pyrrole nitrogens is 1. The zero-order valence-electron chi connectivity index (χ0n) is 12.9. The fraction of sp³-hybridized carbons (Fsp3) is 0.235. The molecule has 4 rings (SSSR count). The van der Waals surface area contributed by atoms with Crippen molar-refractivity contribution in [1.82, 2.24) is 15.0 Å². The van der Waals surface area contributed by atoms with Crippen molar-refractivity contribution in [2.75, 3.05) is 7.11 Å². The van der Waals surface area contributed by atoms with E-state index in [2.05, 4.69) is 9.97 Å². The van der Waals surface area contributed by atoms with Gasteiger partial charge in [-0.05, 0) is 37.1 Å². The summed E-state index contributed by atoms with van der Waals surface area (Å²) in [6, 6.07) is 9.34. The fourth-order valence-electron chi connectivity index (χ4n) is 3.15. The lowest BCUT2D eigenvalue weighted by Crippen LogP contribution is -2.19. The highest BCUT2D eigenvalue weighted by Crippen LogP contribution is 2.36. The Kier molecular flexibility index (Phi) is 3.86. The van der Waals surface area contributed by atoms with Crippen molar-refractivity contribution in [3.05, 3.63) is 52.6 Å². The molecule has 0 amide bonds. The van der Waals surface area contributed by atoms with Crippen LogP contribution in [0.25, 0.3) is 11.0 Å². The summed E-state index contributed by atoms with van der Waals surface area (Å²) in [6.07, 6.45) is 1.50. The molecule has 0 spiro atoms. The fourth-order valence-corrected chi connectivity index (χ4v) is 3.77. The molecule has 1 atom stereocenters. The number of pyridine rings is 1. The average molecular weight is 360 g/mol. The Labute approximate surface area is 147 Å². The second kappa shape index (κ2) is 6.03. The van der Waals surface area contributed by atoms with Crippen molar-refractivity contribution in [2.24, 2.45) is 0 Å². The van der Waals surface area contributed by atoms with E-state index in [9.17, 15) is 4.21 Å². The highest BCUT2D eigenvalue weighted by Gasteiger charge is 2.29. The number of benzene rings is 1. The molecular formula is C17H14ClN3O2S. The van der Waals surface area contributed by atoms with Gasteiger partial charge in [-0.15, -0.1) is 0 Å². The van der Waals surface area contributed by atoms with Crippen LogP contribution in [-0.4, -0.2) is 31.1 Å². The number of rotatable bonds is 2. The molecule has 0 bridgehead atoms. The van der Waals surface area contributed by atoms with Crippen molar-refractivity contribution in [2.45, 2.75) is 18.8 Å². The lowest BCUT2D eigenvalue weighted by atomic mass is 9.86. The molecule has 2 aromatic heterocycles. The van der Waals surface area contributed by atoms with Crippen LogP contribution >= 0.6 is 11.6 Å². The quantitative estimate of drug-likeness (QED) is 0.563. The first kappa shape index (κ1) is 15.4. The molecular weight excluding hydrogens is 346 g/mol. The van der Waals surface area contributed by atoms with Gasteiger partial charge in [0.05, 0.1) is 45.9 Å². The van der Waals surface area contributed by atoms with Gasteiger partial charge in [0.1, 0.15) is 16.7 Å². The number of halogens is 1. The standard InChI is InChI=1S/C17H14ClN3O2S/c1-23-9-2-5-12-13(8-9)20-17(19-12)11-3-6-14(24-22)10-4-7-15(18)21-16(10)11/h2,4-5,7-8,11H,3,6H2,1H3,(H,19,20). The summed E-state index contributed by atoms with van der Waals surface area (Å²) in [5.74, 6) is 1.61. The highest BCUT2D eigenvalue weighted by molar-refractivity contribution is 7.67. The van der Waals surface area contributed by atoms with E-state index in [0.717, 1.165) is 51.6 Å². The molecule has 3 aromatic rings. The lowest BCUT2D eigenvalue weighted by Gasteiger charge is -2.23. The summed E-state index contributed by atoms with van der Waals surface area (Å²) in [5.41, 5.74) is 3.50. The molecule has 1 aliphatic rings. The maximum atomic E-state index is 11.4. The summed E-state index contributed by atoms with van der Waals surface area (Å²) in [4.78, 5) is 13.4. The van der Waals surface area contributed by atoms with Crippen LogP contribution in [0.3, 0.4) is 0 Å². The van der Waals surface area contributed by atoms with Crippen molar-refractivity contribution < 1.29 is 8.95 Å². The first-order valence-electron chi connectivity index (χ1n) is 7.55. The number of imidazole rings is 1. The van der Waals surface area contributed by atoms with Crippen LogP contribution in [0, 0.1) is 0 Å². The Hall–Kier alpha value is -2.18. The van der Waals surface area contributed by atoms with Gasteiger partial charge in [-0.1, -0.05) is 11.6 Å². The monoisotopic (exact) mass is 359 g/mol. The van der Waals surface area contributed by atoms with E-state index < -0.39 is 0 Å². The zero-order valence-corrected chi connectivity index (χ0v) is 14.4. The van der Waals surface area contributed by atoms with E-state index in [4.69, 9.17) is 21.3 Å². The molecule has 1 aromatic carbocycles. The van der Waals surface area contributed by atoms with E-state index in [0.29, 0.717) is 16.4 Å². The molecule has 0 aliphatic heterocycles. The van der Waals surface area contributed by atoms with Gasteiger partial charge in [-0.25, -0.2) is 14.2 Å². The first-order valence-corrected chi connectivity index (χ1v) is 8.67. The third-order valence-corrected chi connectivity index (χ3v) is 5.16. The van der Waals surface area contributed by atoms with Crippen molar-refractivity contribution >= 4 is 38.8 Å². The zero-order chi connectivity index (χ0) is 16.7. The predicted octanol–water partition coefficient (Wildman–Crippen LogP) is 3.28. The molecule has 2 heterocycles. The topological polar surface area (TPSA) is 67.9 Å². The molecule has 7 heteroatoms. The number of aromatic nitrogens is 3. The Morgan fingerprint density at radius 3 is 2.96 bits per heavy atom. The number of nitrogens with zero attached hydrogens (tertiary/aromatic N) is 2. The van der Waals surface area contributed by atoms with Gasteiger partial charge in [0.25, 0.3) is 0 Å². The van der Waals surface area contributed by atoms with Gasteiger partial charge >= 0.3 is 0 Å². The summed E-state index contributed by atoms with van der Waals surface area (Å²) < 4.78 is 16.6. The molecule has 1 unspecified atom stereocenters. The number of nitrogens with one attached hydrogen (secondary N) is 1. The molecule has 1 aliphatic carbocycles. The van der Waals surface area contributed by atoms with Crippen LogP contribution in [0.2, 0.25) is 5.15 Å². The van der Waals surface area contributed by atoms with Crippen molar-refractivity contribution in [3.63, 3.8) is 0 Å². The van der Waals surface area contributed by atoms with Crippen LogP contribution < -0.4 is 4.74 Å². The minimum atomic E-state index is -0.00649. The number of methoxy groups -OCH3 is 1. The van der Waals surface area contributed by atoms with Gasteiger partial charge in [-0.3, -0.25) is 0 Å². The Balaban J connectivity index is 1.85. The molecule has 0 fully saturated rings. The summed E-state index contributed by atoms with van der Waals surface area (Å²) in [5, 5.41) is 0.425. The Bertz CT molecular complexity index is 995. The second-order valence-electron chi connectivity index (χ2n) is 5.67. The van der Waals surface area contributed by atoms with E-state index in [1.54, 1.807) is 13.2 Å². The molecule has 24 heavy (non-hydrogen) atoms. The van der Waals surface area contributed by atoms with Crippen LogP contribution in [0.4, 0.5) is 0 Å². The van der Waals surface area contributed by atoms with Crippen LogP contribution in [0.15, 0.2) is 30.3 Å². The summed E-state index contributed by atoms with van der Waals surface area (Å²) in [7, 11) is 1.64. The maximum Gasteiger partial charge on any atom is 0.129 e. The molecule has 0 radical (unpaired) electrons. The van der Waals surface area contributed by atoms with E-state index in [1.165, 1.54) is 0 Å². The SMILES string of the molecule is COc1ccc2nc(C3CCC(=S=O)c4ccc(Cl)nc43)[nH]c2c1. The van der Waals surface area contributed by atoms with Gasteiger partial charge in [-0.2, -0.15) is 0 Å². The largest absolute Gasteiger partial charge is 0.497 e. The third-order valence-electron chi connectivity index (χ3n) is 4.32. The second-order valence-corrected chi connectivity index (χ2v) is 6.72. The molecule has 122 valence electrons. The highest BCUT2D eigenvalue weighted by atomic mass is 35.5. The van der Waals surface area contributed by atoms with Gasteiger partial charge < -0.3 is 9.72 Å². The van der Waals surface area contributed by atoms with Crippen LogP contribution in [0.5, 0.6) is 5.75 Å². The van der Waals surface area contributed by atoms with Gasteiger partial charge in [0.2, 0.25) is 0 Å². The predicted molar refractivity (Wildman–Crippen MR) is 95.2 cm³/mol. The number of hydrogen-bond donors (Lipinski definition) is 1.